The lowest BCUT2D eigenvalue weighted by Gasteiger charge is -2.07. The predicted octanol–water partition coefficient (Wildman–Crippen LogP) is 4.23. The van der Waals surface area contributed by atoms with Gasteiger partial charge in [0.25, 0.3) is 0 Å². The second-order valence-electron chi connectivity index (χ2n) is 6.73. The molecule has 33 heavy (non-hydrogen) atoms. The predicted molar refractivity (Wildman–Crippen MR) is 123 cm³/mol. The highest BCUT2D eigenvalue weighted by Gasteiger charge is 2.28. The average molecular weight is 472 g/mol. The Bertz CT molecular complexity index is 1120. The van der Waals surface area contributed by atoms with Gasteiger partial charge in [0, 0.05) is 11.3 Å². The van der Waals surface area contributed by atoms with Crippen LogP contribution in [-0.4, -0.2) is 42.6 Å². The molecule has 1 aromatic carbocycles. The Hall–Kier alpha value is -3.64. The molecule has 2 aromatic rings. The van der Waals surface area contributed by atoms with Crippen LogP contribution in [0.15, 0.2) is 23.8 Å². The normalized spacial score (nSPS) is 10.9. The number of rotatable bonds is 10. The number of thiophene rings is 1. The lowest BCUT2D eigenvalue weighted by Crippen LogP contribution is -2.12. The molecule has 0 spiro atoms. The van der Waals surface area contributed by atoms with Crippen LogP contribution in [0.3, 0.4) is 0 Å². The van der Waals surface area contributed by atoms with E-state index in [1.54, 1.807) is 33.8 Å². The summed E-state index contributed by atoms with van der Waals surface area (Å²) in [4.78, 5) is 38.3. The number of nitriles is 1. The molecule has 9 heteroatoms. The highest BCUT2D eigenvalue weighted by molar-refractivity contribution is 7.14. The lowest BCUT2D eigenvalue weighted by molar-refractivity contribution is -0.114. The number of aromatic hydroxyl groups is 1. The quantitative estimate of drug-likeness (QED) is 0.310. The number of ether oxygens (including phenoxy) is 3. The minimum atomic E-state index is -0.646. The maximum atomic E-state index is 12.9. The van der Waals surface area contributed by atoms with E-state index >= 15 is 0 Å². The number of allylic oxidation sites excluding steroid dienone is 1. The average Bonchev–Trinajstić information content (AvgIpc) is 3.10. The Morgan fingerprint density at radius 1 is 1.09 bits per heavy atom. The van der Waals surface area contributed by atoms with Gasteiger partial charge in [-0.2, -0.15) is 5.26 Å². The molecule has 0 aliphatic rings. The van der Waals surface area contributed by atoms with Crippen LogP contribution >= 0.6 is 11.3 Å². The molecule has 0 atom stereocenters. The van der Waals surface area contributed by atoms with Gasteiger partial charge in [-0.25, -0.2) is 9.59 Å². The van der Waals surface area contributed by atoms with Crippen molar-refractivity contribution >= 4 is 35.1 Å². The standard InChI is InChI=1S/C24H25NO7S/c1-5-30-19-11-15(8-9-17(19)26)10-16(13-25)18(27)12-20-21(23(28)31-6-2)14(4)22(33-20)24(29)32-7-3/h8-11,26H,5-7,12H2,1-4H3. The molecule has 0 fully saturated rings. The van der Waals surface area contributed by atoms with Gasteiger partial charge in [0.1, 0.15) is 10.9 Å². The van der Waals surface area contributed by atoms with Crippen LogP contribution in [-0.2, 0) is 20.7 Å². The summed E-state index contributed by atoms with van der Waals surface area (Å²) < 4.78 is 15.5. The van der Waals surface area contributed by atoms with Crippen molar-refractivity contribution in [1.82, 2.24) is 0 Å². The Labute approximate surface area is 196 Å². The molecule has 174 valence electrons. The second kappa shape index (κ2) is 11.8. The first kappa shape index (κ1) is 25.6. The van der Waals surface area contributed by atoms with Gasteiger partial charge in [-0.05, 0) is 57.0 Å². The van der Waals surface area contributed by atoms with E-state index in [9.17, 15) is 24.8 Å². The van der Waals surface area contributed by atoms with Crippen molar-refractivity contribution in [2.45, 2.75) is 34.1 Å². The number of hydrogen-bond acceptors (Lipinski definition) is 9. The van der Waals surface area contributed by atoms with Gasteiger partial charge in [-0.15, -0.1) is 11.3 Å². The van der Waals surface area contributed by atoms with Crippen molar-refractivity contribution in [1.29, 1.82) is 5.26 Å². The lowest BCUT2D eigenvalue weighted by atomic mass is 10.0. The topological polar surface area (TPSA) is 123 Å². The first-order chi connectivity index (χ1) is 15.8. The number of carbonyl (C=O) groups is 3. The smallest absolute Gasteiger partial charge is 0.348 e. The first-order valence-corrected chi connectivity index (χ1v) is 11.2. The van der Waals surface area contributed by atoms with Gasteiger partial charge in [-0.3, -0.25) is 4.79 Å². The molecule has 0 saturated carbocycles. The van der Waals surface area contributed by atoms with E-state index in [4.69, 9.17) is 14.2 Å². The summed E-state index contributed by atoms with van der Waals surface area (Å²) in [5, 5.41) is 19.4. The van der Waals surface area contributed by atoms with Crippen molar-refractivity contribution in [3.8, 4) is 17.6 Å². The molecule has 0 bridgehead atoms. The van der Waals surface area contributed by atoms with Crippen LogP contribution in [0, 0.1) is 18.3 Å². The Kier molecular flexibility index (Phi) is 9.18. The molecule has 0 radical (unpaired) electrons. The van der Waals surface area contributed by atoms with E-state index in [2.05, 4.69) is 0 Å². The van der Waals surface area contributed by atoms with E-state index in [0.29, 0.717) is 22.6 Å². The minimum Gasteiger partial charge on any atom is -0.504 e. The molecular formula is C24H25NO7S. The maximum absolute atomic E-state index is 12.9. The van der Waals surface area contributed by atoms with E-state index in [0.717, 1.165) is 11.3 Å². The van der Waals surface area contributed by atoms with Gasteiger partial charge in [0.15, 0.2) is 17.3 Å². The SMILES string of the molecule is CCOC(=O)c1sc(CC(=O)C(C#N)=Cc2ccc(O)c(OCC)c2)c(C(=O)OCC)c1C. The maximum Gasteiger partial charge on any atom is 0.348 e. The van der Waals surface area contributed by atoms with Gasteiger partial charge in [0.05, 0.1) is 31.0 Å². The highest BCUT2D eigenvalue weighted by Crippen LogP contribution is 2.32. The Morgan fingerprint density at radius 3 is 2.36 bits per heavy atom. The van der Waals surface area contributed by atoms with Gasteiger partial charge < -0.3 is 19.3 Å². The number of ketones is 1. The third kappa shape index (κ3) is 6.20. The number of phenols is 1. The Morgan fingerprint density at radius 2 is 1.76 bits per heavy atom. The molecule has 1 heterocycles. The number of benzene rings is 1. The van der Waals surface area contributed by atoms with Crippen molar-refractivity contribution in [2.24, 2.45) is 0 Å². The van der Waals surface area contributed by atoms with Crippen molar-refractivity contribution < 1.29 is 33.7 Å². The fraction of sp³-hybridized carbons (Fsp3) is 0.333. The van der Waals surface area contributed by atoms with Crippen LogP contribution in [0.5, 0.6) is 11.5 Å². The zero-order chi connectivity index (χ0) is 24.5. The van der Waals surface area contributed by atoms with Gasteiger partial charge in [0.2, 0.25) is 0 Å². The fourth-order valence-corrected chi connectivity index (χ4v) is 4.22. The van der Waals surface area contributed by atoms with Crippen LogP contribution < -0.4 is 4.74 Å². The molecule has 1 N–H and O–H groups in total. The monoisotopic (exact) mass is 471 g/mol. The van der Waals surface area contributed by atoms with Gasteiger partial charge >= 0.3 is 11.9 Å². The first-order valence-electron chi connectivity index (χ1n) is 10.3. The van der Waals surface area contributed by atoms with Crippen molar-refractivity contribution in [3.63, 3.8) is 0 Å². The third-order valence-corrected chi connectivity index (χ3v) is 5.77. The van der Waals surface area contributed by atoms with Crippen molar-refractivity contribution in [3.05, 3.63) is 50.2 Å². The molecule has 0 aliphatic carbocycles. The zero-order valence-electron chi connectivity index (χ0n) is 18.9. The molecule has 1 aromatic heterocycles. The number of carbonyl (C=O) groups excluding carboxylic acids is 3. The summed E-state index contributed by atoms with van der Waals surface area (Å²) in [6.45, 7) is 7.31. The summed E-state index contributed by atoms with van der Waals surface area (Å²) in [6.07, 6.45) is 1.11. The van der Waals surface area contributed by atoms with Gasteiger partial charge in [-0.1, -0.05) is 6.07 Å². The molecule has 0 saturated heterocycles. The molecular weight excluding hydrogens is 446 g/mol. The van der Waals surface area contributed by atoms with Crippen LogP contribution in [0.25, 0.3) is 6.08 Å². The molecule has 0 unspecified atom stereocenters. The molecule has 2 rings (SSSR count). The number of esters is 2. The van der Waals surface area contributed by atoms with Crippen LogP contribution in [0.1, 0.15) is 56.8 Å². The molecule has 0 amide bonds. The Balaban J connectivity index is 2.43. The molecule has 0 aliphatic heterocycles. The third-order valence-electron chi connectivity index (χ3n) is 4.50. The minimum absolute atomic E-state index is 0.0570. The van der Waals surface area contributed by atoms with Crippen LogP contribution in [0.2, 0.25) is 0 Å². The van der Waals surface area contributed by atoms with Crippen LogP contribution in [0.4, 0.5) is 0 Å². The summed E-state index contributed by atoms with van der Waals surface area (Å²) in [6, 6.07) is 6.34. The number of hydrogen-bond donors (Lipinski definition) is 1. The number of nitrogens with zero attached hydrogens (tertiary/aromatic N) is 1. The summed E-state index contributed by atoms with van der Waals surface area (Å²) in [7, 11) is 0. The largest absolute Gasteiger partial charge is 0.504 e. The number of Topliss-reactive ketones (excluding diaryl/α,β-unsaturated/α-hetero) is 1. The summed E-state index contributed by atoms with van der Waals surface area (Å²) in [5.74, 6) is -1.60. The highest BCUT2D eigenvalue weighted by atomic mass is 32.1. The van der Waals surface area contributed by atoms with Crippen molar-refractivity contribution in [2.75, 3.05) is 19.8 Å². The fourth-order valence-electron chi connectivity index (χ4n) is 3.03. The van der Waals surface area contributed by atoms with E-state index in [-0.39, 0.29) is 47.1 Å². The molecule has 8 nitrogen and oxygen atoms in total. The van der Waals surface area contributed by atoms with E-state index in [1.807, 2.05) is 6.07 Å². The van der Waals surface area contributed by atoms with E-state index < -0.39 is 17.7 Å². The summed E-state index contributed by atoms with van der Waals surface area (Å²) >= 11 is 0.976. The second-order valence-corrected chi connectivity index (χ2v) is 7.83. The number of phenolic OH excluding ortho intramolecular Hbond substituents is 1. The van der Waals surface area contributed by atoms with E-state index in [1.165, 1.54) is 18.2 Å². The summed E-state index contributed by atoms with van der Waals surface area (Å²) in [5.41, 5.74) is 0.851. The zero-order valence-corrected chi connectivity index (χ0v) is 19.7.